The van der Waals surface area contributed by atoms with Gasteiger partial charge in [-0.1, -0.05) is 11.5 Å². The SMILES string of the molecule is Bc1cc(C)c2cc(C)nn2c1. The Labute approximate surface area is 72.6 Å². The van der Waals surface area contributed by atoms with Crippen molar-refractivity contribution in [3.8, 4) is 0 Å². The van der Waals surface area contributed by atoms with E-state index in [0.717, 1.165) is 5.69 Å². The molecule has 0 bridgehead atoms. The normalized spacial score (nSPS) is 10.8. The Morgan fingerprint density at radius 2 is 2.08 bits per heavy atom. The van der Waals surface area contributed by atoms with Crippen LogP contribution in [-0.4, -0.2) is 17.5 Å². The van der Waals surface area contributed by atoms with E-state index in [9.17, 15) is 0 Å². The Bertz CT molecular complexity index is 431. The molecule has 2 aromatic rings. The molecule has 2 heterocycles. The number of hydrogen-bond acceptors (Lipinski definition) is 1. The first-order chi connectivity index (χ1) is 5.66. The number of pyridine rings is 1. The summed E-state index contributed by atoms with van der Waals surface area (Å²) in [5, 5.41) is 4.35. The zero-order valence-electron chi connectivity index (χ0n) is 7.63. The molecule has 0 saturated carbocycles. The van der Waals surface area contributed by atoms with Crippen molar-refractivity contribution in [3.05, 3.63) is 29.6 Å². The molecule has 0 aromatic carbocycles. The van der Waals surface area contributed by atoms with E-state index in [1.807, 2.05) is 11.4 Å². The standard InChI is InChI=1S/C9H11BN2/c1-6-3-8(10)5-12-9(6)4-7(2)11-12/h3-5H,10H2,1-2H3. The van der Waals surface area contributed by atoms with E-state index in [1.165, 1.54) is 16.5 Å². The highest BCUT2D eigenvalue weighted by Crippen LogP contribution is 2.08. The Balaban J connectivity index is 2.88. The van der Waals surface area contributed by atoms with Gasteiger partial charge in [-0.15, -0.1) is 0 Å². The van der Waals surface area contributed by atoms with Crippen molar-refractivity contribution in [2.24, 2.45) is 0 Å². The van der Waals surface area contributed by atoms with Crippen molar-refractivity contribution in [2.75, 3.05) is 0 Å². The molecule has 3 heteroatoms. The molecular formula is C9H11BN2. The van der Waals surface area contributed by atoms with Crippen molar-refractivity contribution in [1.82, 2.24) is 9.61 Å². The van der Waals surface area contributed by atoms with Crippen LogP contribution in [0.3, 0.4) is 0 Å². The largest absolute Gasteiger partial charge is 0.241 e. The molecule has 2 rings (SSSR count). The van der Waals surface area contributed by atoms with E-state index in [4.69, 9.17) is 0 Å². The zero-order chi connectivity index (χ0) is 8.72. The third-order valence-electron chi connectivity index (χ3n) is 2.03. The van der Waals surface area contributed by atoms with Crippen LogP contribution in [0.2, 0.25) is 0 Å². The number of nitrogens with zero attached hydrogens (tertiary/aromatic N) is 2. The van der Waals surface area contributed by atoms with Crippen LogP contribution in [-0.2, 0) is 0 Å². The average Bonchev–Trinajstić information content (AvgIpc) is 2.29. The molecule has 0 atom stereocenters. The van der Waals surface area contributed by atoms with E-state index in [2.05, 4.69) is 38.2 Å². The summed E-state index contributed by atoms with van der Waals surface area (Å²) >= 11 is 0. The van der Waals surface area contributed by atoms with E-state index < -0.39 is 0 Å². The van der Waals surface area contributed by atoms with Crippen LogP contribution in [0.15, 0.2) is 18.3 Å². The highest BCUT2D eigenvalue weighted by Gasteiger charge is 2.00. The summed E-state index contributed by atoms with van der Waals surface area (Å²) in [5.74, 6) is 0. The van der Waals surface area contributed by atoms with Crippen molar-refractivity contribution in [2.45, 2.75) is 13.8 Å². The second-order valence-corrected chi connectivity index (χ2v) is 3.32. The summed E-state index contributed by atoms with van der Waals surface area (Å²) in [6, 6.07) is 4.28. The maximum Gasteiger partial charge on any atom is 0.141 e. The lowest BCUT2D eigenvalue weighted by atomic mass is 9.97. The zero-order valence-corrected chi connectivity index (χ0v) is 7.63. The number of aromatic nitrogens is 2. The first-order valence-electron chi connectivity index (χ1n) is 4.10. The lowest BCUT2D eigenvalue weighted by molar-refractivity contribution is 0.935. The van der Waals surface area contributed by atoms with Gasteiger partial charge in [0.25, 0.3) is 0 Å². The lowest BCUT2D eigenvalue weighted by Crippen LogP contribution is -2.06. The highest BCUT2D eigenvalue weighted by molar-refractivity contribution is 6.32. The average molecular weight is 158 g/mol. The topological polar surface area (TPSA) is 17.3 Å². The van der Waals surface area contributed by atoms with Gasteiger partial charge < -0.3 is 0 Å². The summed E-state index contributed by atoms with van der Waals surface area (Å²) in [6.07, 6.45) is 2.05. The third-order valence-corrected chi connectivity index (χ3v) is 2.03. The number of aryl methyl sites for hydroxylation is 2. The smallest absolute Gasteiger partial charge is 0.141 e. The van der Waals surface area contributed by atoms with E-state index in [-0.39, 0.29) is 0 Å². The van der Waals surface area contributed by atoms with Crippen LogP contribution in [0.4, 0.5) is 0 Å². The molecule has 0 aliphatic rings. The van der Waals surface area contributed by atoms with E-state index in [1.54, 1.807) is 0 Å². The molecular weight excluding hydrogens is 147 g/mol. The summed E-state index contributed by atoms with van der Waals surface area (Å²) in [5.41, 5.74) is 4.82. The summed E-state index contributed by atoms with van der Waals surface area (Å²) in [4.78, 5) is 0. The second-order valence-electron chi connectivity index (χ2n) is 3.32. The molecule has 0 spiro atoms. The van der Waals surface area contributed by atoms with Crippen molar-refractivity contribution in [1.29, 1.82) is 0 Å². The molecule has 0 radical (unpaired) electrons. The quantitative estimate of drug-likeness (QED) is 0.501. The van der Waals surface area contributed by atoms with Gasteiger partial charge in [0.05, 0.1) is 11.2 Å². The predicted molar refractivity (Wildman–Crippen MR) is 52.8 cm³/mol. The Morgan fingerprint density at radius 1 is 1.33 bits per heavy atom. The van der Waals surface area contributed by atoms with Gasteiger partial charge in [-0.2, -0.15) is 5.10 Å². The molecule has 12 heavy (non-hydrogen) atoms. The van der Waals surface area contributed by atoms with Crippen LogP contribution >= 0.6 is 0 Å². The minimum atomic E-state index is 1.07. The predicted octanol–water partition coefficient (Wildman–Crippen LogP) is 0.210. The maximum absolute atomic E-state index is 4.35. The Kier molecular flexibility index (Phi) is 1.46. The van der Waals surface area contributed by atoms with Gasteiger partial charge in [-0.05, 0) is 25.5 Å². The molecule has 0 N–H and O–H groups in total. The summed E-state index contributed by atoms with van der Waals surface area (Å²) in [6.45, 7) is 4.13. The number of rotatable bonds is 0. The molecule has 0 amide bonds. The minimum absolute atomic E-state index is 1.07. The first kappa shape index (κ1) is 7.41. The first-order valence-corrected chi connectivity index (χ1v) is 4.10. The molecule has 0 saturated heterocycles. The van der Waals surface area contributed by atoms with Gasteiger partial charge in [-0.3, -0.25) is 0 Å². The van der Waals surface area contributed by atoms with E-state index >= 15 is 0 Å². The van der Waals surface area contributed by atoms with Crippen LogP contribution in [0.25, 0.3) is 5.52 Å². The number of fused-ring (bicyclic) bond motifs is 1. The van der Waals surface area contributed by atoms with Gasteiger partial charge in [0.1, 0.15) is 7.85 Å². The molecule has 2 aromatic heterocycles. The Morgan fingerprint density at radius 3 is 2.83 bits per heavy atom. The second kappa shape index (κ2) is 2.37. The Hall–Kier alpha value is -1.25. The molecule has 2 nitrogen and oxygen atoms in total. The van der Waals surface area contributed by atoms with Crippen molar-refractivity contribution < 1.29 is 0 Å². The van der Waals surface area contributed by atoms with Gasteiger partial charge in [0.2, 0.25) is 0 Å². The minimum Gasteiger partial charge on any atom is -0.241 e. The van der Waals surface area contributed by atoms with Crippen LogP contribution < -0.4 is 5.46 Å². The third kappa shape index (κ3) is 1.02. The van der Waals surface area contributed by atoms with Crippen LogP contribution in [0, 0.1) is 13.8 Å². The highest BCUT2D eigenvalue weighted by atomic mass is 15.2. The molecule has 0 aliphatic heterocycles. The fourth-order valence-corrected chi connectivity index (χ4v) is 1.56. The summed E-state index contributed by atoms with van der Waals surface area (Å²) in [7, 11) is 2.09. The monoisotopic (exact) mass is 158 g/mol. The van der Waals surface area contributed by atoms with Crippen molar-refractivity contribution >= 4 is 18.8 Å². The van der Waals surface area contributed by atoms with Gasteiger partial charge in [0.15, 0.2) is 0 Å². The lowest BCUT2D eigenvalue weighted by Gasteiger charge is -1.99. The maximum atomic E-state index is 4.35. The molecule has 60 valence electrons. The molecule has 0 aliphatic carbocycles. The number of hydrogen-bond donors (Lipinski definition) is 0. The van der Waals surface area contributed by atoms with E-state index in [0.29, 0.717) is 0 Å². The van der Waals surface area contributed by atoms with Gasteiger partial charge in [0, 0.05) is 6.20 Å². The summed E-state index contributed by atoms with van der Waals surface area (Å²) < 4.78 is 1.94. The van der Waals surface area contributed by atoms with Crippen molar-refractivity contribution in [3.63, 3.8) is 0 Å². The molecule has 0 fully saturated rings. The fourth-order valence-electron chi connectivity index (χ4n) is 1.56. The van der Waals surface area contributed by atoms with Crippen LogP contribution in [0.5, 0.6) is 0 Å². The fraction of sp³-hybridized carbons (Fsp3) is 0.222. The van der Waals surface area contributed by atoms with Gasteiger partial charge in [-0.25, -0.2) is 4.52 Å². The molecule has 0 unspecified atom stereocenters. The van der Waals surface area contributed by atoms with Crippen LogP contribution in [0.1, 0.15) is 11.3 Å². The van der Waals surface area contributed by atoms with Gasteiger partial charge >= 0.3 is 0 Å².